The Morgan fingerprint density at radius 3 is 2.10 bits per heavy atom. The van der Waals surface area contributed by atoms with Gasteiger partial charge in [-0.25, -0.2) is 4.99 Å². The van der Waals surface area contributed by atoms with Gasteiger partial charge in [0, 0.05) is 6.42 Å². The highest BCUT2D eigenvalue weighted by atomic mass is 35.5. The lowest BCUT2D eigenvalue weighted by atomic mass is 10.1. The second-order valence-corrected chi connectivity index (χ2v) is 5.62. The number of hydrogen-bond donors (Lipinski definition) is 2. The van der Waals surface area contributed by atoms with E-state index in [0.29, 0.717) is 5.16 Å². The molecule has 0 aromatic heterocycles. The first-order chi connectivity index (χ1) is 9.20. The first kappa shape index (κ1) is 22.1. The summed E-state index contributed by atoms with van der Waals surface area (Å²) in [7, 11) is 0. The number of nitrogens with one attached hydrogen (secondary N) is 1. The smallest absolute Gasteiger partial charge is 0.246 e. The van der Waals surface area contributed by atoms with E-state index in [-0.39, 0.29) is 12.4 Å². The molecule has 0 aromatic rings. The van der Waals surface area contributed by atoms with Gasteiger partial charge >= 0.3 is 0 Å². The Balaban J connectivity index is 0. The van der Waals surface area contributed by atoms with Crippen molar-refractivity contribution in [2.75, 3.05) is 0 Å². The minimum absolute atomic E-state index is 0. The summed E-state index contributed by atoms with van der Waals surface area (Å²) in [5.74, 6) is 0.798. The second kappa shape index (κ2) is 16.8. The summed E-state index contributed by atoms with van der Waals surface area (Å²) in [6, 6.07) is 0. The molecule has 0 heterocycles. The molecule has 0 aliphatic rings. The fraction of sp³-hybridized carbons (Fsp3) is 0.812. The van der Waals surface area contributed by atoms with E-state index >= 15 is 0 Å². The van der Waals surface area contributed by atoms with Crippen LogP contribution in [-0.2, 0) is 0 Å². The van der Waals surface area contributed by atoms with Crippen LogP contribution < -0.4 is 23.1 Å². The molecule has 0 aliphatic heterocycles. The summed E-state index contributed by atoms with van der Waals surface area (Å²) in [6.45, 7) is 4.45. The van der Waals surface area contributed by atoms with Crippen LogP contribution in [0.5, 0.6) is 0 Å². The molecule has 120 valence electrons. The van der Waals surface area contributed by atoms with Gasteiger partial charge in [-0.3, -0.25) is 5.73 Å². The molecule has 0 saturated heterocycles. The van der Waals surface area contributed by atoms with Crippen LogP contribution >= 0.6 is 11.6 Å². The molecule has 4 heteroatoms. The minimum atomic E-state index is 0. The van der Waals surface area contributed by atoms with Crippen molar-refractivity contribution in [2.45, 2.75) is 84.5 Å². The van der Waals surface area contributed by atoms with E-state index in [9.17, 15) is 0 Å². The molecule has 0 amide bonds. The van der Waals surface area contributed by atoms with E-state index in [4.69, 9.17) is 17.3 Å². The predicted molar refractivity (Wildman–Crippen MR) is 86.2 cm³/mol. The molecule has 0 rings (SSSR count). The maximum atomic E-state index is 6.10. The van der Waals surface area contributed by atoms with Gasteiger partial charge in [-0.1, -0.05) is 58.8 Å². The van der Waals surface area contributed by atoms with Crippen molar-refractivity contribution in [3.05, 3.63) is 11.2 Å². The zero-order chi connectivity index (χ0) is 14.3. The lowest BCUT2D eigenvalue weighted by Crippen LogP contribution is -3.00. The van der Waals surface area contributed by atoms with Gasteiger partial charge in [0.05, 0.1) is 0 Å². The largest absolute Gasteiger partial charge is 1.00 e. The molecule has 0 fully saturated rings. The summed E-state index contributed by atoms with van der Waals surface area (Å²) in [4.78, 5) is 3.08. The molecule has 0 bridgehead atoms. The van der Waals surface area contributed by atoms with E-state index in [2.05, 4.69) is 18.8 Å². The molecule has 0 unspecified atom stereocenters. The number of unbranched alkanes of at least 4 members (excludes halogenated alkanes) is 8. The zero-order valence-corrected chi connectivity index (χ0v) is 14.7. The molecule has 0 radical (unpaired) electrons. The standard InChI is InChI=1S/C16H31ClN2.ClH/c1-3-5-7-9-11-13-15(17)19-16(18)14-12-10-8-6-4-2;/h13H,3-12,14H2,1-2H3,(H2,18,19);1H/b15-13-;. The van der Waals surface area contributed by atoms with Crippen LogP contribution in [0.1, 0.15) is 84.5 Å². The second-order valence-electron chi connectivity index (χ2n) is 5.22. The van der Waals surface area contributed by atoms with Gasteiger partial charge in [-0.15, -0.1) is 0 Å². The van der Waals surface area contributed by atoms with E-state index in [1.165, 1.54) is 51.4 Å². The minimum Gasteiger partial charge on any atom is -1.00 e. The molecule has 2 nitrogen and oxygen atoms in total. The van der Waals surface area contributed by atoms with Gasteiger partial charge in [0.2, 0.25) is 5.84 Å². The number of hydrogen-bond acceptors (Lipinski definition) is 0. The Labute approximate surface area is 136 Å². The van der Waals surface area contributed by atoms with E-state index < -0.39 is 0 Å². The quantitative estimate of drug-likeness (QED) is 0.238. The number of nitrogens with two attached hydrogens (primary N) is 1. The molecule has 0 saturated carbocycles. The molecular weight excluding hydrogens is 291 g/mol. The Bertz CT molecular complexity index is 263. The highest BCUT2D eigenvalue weighted by Gasteiger charge is 2.00. The summed E-state index contributed by atoms with van der Waals surface area (Å²) in [5, 5.41) is 0.683. The lowest BCUT2D eigenvalue weighted by Gasteiger charge is -1.98. The topological polar surface area (TPSA) is 40.0 Å². The molecule has 0 aromatic carbocycles. The fourth-order valence-electron chi connectivity index (χ4n) is 1.99. The Hall–Kier alpha value is -0.210. The van der Waals surface area contributed by atoms with Crippen LogP contribution in [0.4, 0.5) is 0 Å². The van der Waals surface area contributed by atoms with Crippen molar-refractivity contribution in [2.24, 2.45) is 5.73 Å². The molecule has 0 aliphatic carbocycles. The normalized spacial score (nSPS) is 12.3. The summed E-state index contributed by atoms with van der Waals surface area (Å²) in [6.07, 6.45) is 15.4. The van der Waals surface area contributed by atoms with Crippen molar-refractivity contribution in [3.8, 4) is 0 Å². The van der Waals surface area contributed by atoms with Crippen LogP contribution in [0.2, 0.25) is 0 Å². The van der Waals surface area contributed by atoms with E-state index in [1.807, 2.05) is 6.08 Å². The van der Waals surface area contributed by atoms with Gasteiger partial charge in [0.1, 0.15) is 0 Å². The van der Waals surface area contributed by atoms with Crippen LogP contribution in [0.15, 0.2) is 11.2 Å². The number of halogens is 2. The van der Waals surface area contributed by atoms with Crippen LogP contribution in [-0.4, -0.2) is 5.84 Å². The number of amidine groups is 1. The van der Waals surface area contributed by atoms with Crippen molar-refractivity contribution in [3.63, 3.8) is 0 Å². The first-order valence-corrected chi connectivity index (χ1v) is 8.32. The van der Waals surface area contributed by atoms with E-state index in [0.717, 1.165) is 25.1 Å². The predicted octanol–water partition coefficient (Wildman–Crippen LogP) is 0.839. The Kier molecular flexibility index (Phi) is 18.6. The third-order valence-corrected chi connectivity index (χ3v) is 3.46. The average molecular weight is 323 g/mol. The Morgan fingerprint density at radius 2 is 1.50 bits per heavy atom. The van der Waals surface area contributed by atoms with Crippen LogP contribution in [0.3, 0.4) is 0 Å². The van der Waals surface area contributed by atoms with Gasteiger partial charge in [-0.2, -0.15) is 0 Å². The lowest BCUT2D eigenvalue weighted by molar-refractivity contribution is -0.386. The Morgan fingerprint density at radius 1 is 0.950 bits per heavy atom. The fourth-order valence-corrected chi connectivity index (χ4v) is 2.22. The monoisotopic (exact) mass is 322 g/mol. The summed E-state index contributed by atoms with van der Waals surface area (Å²) in [5.41, 5.74) is 5.92. The van der Waals surface area contributed by atoms with Crippen LogP contribution in [0, 0.1) is 0 Å². The molecule has 0 atom stereocenters. The zero-order valence-electron chi connectivity index (χ0n) is 13.2. The van der Waals surface area contributed by atoms with Crippen molar-refractivity contribution in [1.82, 2.24) is 0 Å². The van der Waals surface area contributed by atoms with Gasteiger partial charge in [0.15, 0.2) is 5.16 Å². The summed E-state index contributed by atoms with van der Waals surface area (Å²) >= 11 is 6.10. The van der Waals surface area contributed by atoms with Crippen molar-refractivity contribution < 1.29 is 17.4 Å². The maximum absolute atomic E-state index is 6.10. The van der Waals surface area contributed by atoms with Crippen molar-refractivity contribution >= 4 is 17.4 Å². The molecule has 0 spiro atoms. The molecule has 3 N–H and O–H groups in total. The SMILES string of the molecule is CCCCCC/C=C(Cl)\[NH+]=C(\N)CCCCCCC.[Cl-]. The van der Waals surface area contributed by atoms with Gasteiger partial charge in [0.25, 0.3) is 0 Å². The summed E-state index contributed by atoms with van der Waals surface area (Å²) < 4.78 is 0. The highest BCUT2D eigenvalue weighted by Crippen LogP contribution is 2.05. The highest BCUT2D eigenvalue weighted by molar-refractivity contribution is 6.27. The van der Waals surface area contributed by atoms with Crippen LogP contribution in [0.25, 0.3) is 0 Å². The maximum Gasteiger partial charge on any atom is 0.246 e. The van der Waals surface area contributed by atoms with E-state index in [1.54, 1.807) is 0 Å². The molecule has 20 heavy (non-hydrogen) atoms. The third kappa shape index (κ3) is 15.8. The first-order valence-electron chi connectivity index (χ1n) is 7.94. The number of allylic oxidation sites excluding steroid dienone is 1. The average Bonchev–Trinajstić information content (AvgIpc) is 2.38. The third-order valence-electron chi connectivity index (χ3n) is 3.21. The van der Waals surface area contributed by atoms with Gasteiger partial charge in [-0.05, 0) is 36.9 Å². The van der Waals surface area contributed by atoms with Crippen molar-refractivity contribution in [1.29, 1.82) is 0 Å². The molecular formula is C16H32Cl2N2. The van der Waals surface area contributed by atoms with Gasteiger partial charge < -0.3 is 12.4 Å². The number of rotatable bonds is 12.